The zero-order valence-corrected chi connectivity index (χ0v) is 11.5. The van der Waals surface area contributed by atoms with Gasteiger partial charge in [0, 0.05) is 29.7 Å². The molecule has 1 amide bonds. The fourth-order valence-electron chi connectivity index (χ4n) is 2.89. The molecule has 21 heavy (non-hydrogen) atoms. The minimum Gasteiger partial charge on any atom is -0.480 e. The van der Waals surface area contributed by atoms with Crippen LogP contribution < -0.4 is 5.32 Å². The van der Waals surface area contributed by atoms with E-state index in [1.807, 2.05) is 30.5 Å². The van der Waals surface area contributed by atoms with Crippen LogP contribution in [-0.4, -0.2) is 52.5 Å². The molecule has 0 bridgehead atoms. The van der Waals surface area contributed by atoms with E-state index in [0.29, 0.717) is 13.0 Å². The van der Waals surface area contributed by atoms with Crippen LogP contribution in [0.15, 0.2) is 30.5 Å². The molecule has 2 aromatic rings. The van der Waals surface area contributed by atoms with Crippen LogP contribution in [0.5, 0.6) is 0 Å². The van der Waals surface area contributed by atoms with Gasteiger partial charge in [0.05, 0.1) is 13.1 Å². The summed E-state index contributed by atoms with van der Waals surface area (Å²) >= 11 is 0. The summed E-state index contributed by atoms with van der Waals surface area (Å²) in [4.78, 5) is 27.4. The number of amides is 1. The fraction of sp³-hybridized carbons (Fsp3) is 0.333. The second kappa shape index (κ2) is 5.57. The predicted octanol–water partition coefficient (Wildman–Crippen LogP) is 0.595. The van der Waals surface area contributed by atoms with Crippen LogP contribution in [0.25, 0.3) is 10.9 Å². The van der Waals surface area contributed by atoms with E-state index < -0.39 is 5.97 Å². The lowest BCUT2D eigenvalue weighted by Gasteiger charge is -2.31. The fourth-order valence-corrected chi connectivity index (χ4v) is 2.89. The van der Waals surface area contributed by atoms with Crippen LogP contribution >= 0.6 is 0 Å². The molecule has 0 spiro atoms. The Hall–Kier alpha value is -2.34. The van der Waals surface area contributed by atoms with Gasteiger partial charge in [-0.15, -0.1) is 0 Å². The highest BCUT2D eigenvalue weighted by Gasteiger charge is 2.26. The smallest absolute Gasteiger partial charge is 0.317 e. The van der Waals surface area contributed by atoms with E-state index in [-0.39, 0.29) is 25.0 Å². The number of carbonyl (C=O) groups is 2. The number of carboxylic acids is 1. The third kappa shape index (κ3) is 3.05. The number of piperazine rings is 1. The zero-order chi connectivity index (χ0) is 14.8. The first kappa shape index (κ1) is 13.6. The van der Waals surface area contributed by atoms with Gasteiger partial charge in [-0.25, -0.2) is 0 Å². The summed E-state index contributed by atoms with van der Waals surface area (Å²) in [6.07, 6.45) is 2.64. The van der Waals surface area contributed by atoms with Gasteiger partial charge >= 0.3 is 5.97 Å². The molecule has 1 aliphatic heterocycles. The Kier molecular flexibility index (Phi) is 3.62. The number of nitrogens with zero attached hydrogens (tertiary/aromatic N) is 1. The number of rotatable bonds is 4. The Balaban J connectivity index is 1.74. The first-order chi connectivity index (χ1) is 10.1. The van der Waals surface area contributed by atoms with E-state index in [1.54, 1.807) is 4.90 Å². The second-order valence-electron chi connectivity index (χ2n) is 5.39. The Morgan fingerprint density at radius 3 is 3.00 bits per heavy atom. The Morgan fingerprint density at radius 1 is 1.38 bits per heavy atom. The highest BCUT2D eigenvalue weighted by molar-refractivity contribution is 5.83. The molecule has 0 unspecified atom stereocenters. The molecule has 0 radical (unpaired) electrons. The highest BCUT2D eigenvalue weighted by Crippen LogP contribution is 2.19. The van der Waals surface area contributed by atoms with E-state index >= 15 is 0 Å². The quantitative estimate of drug-likeness (QED) is 0.768. The lowest BCUT2D eigenvalue weighted by Crippen LogP contribution is -2.55. The zero-order valence-electron chi connectivity index (χ0n) is 11.5. The number of aromatic amines is 1. The topological polar surface area (TPSA) is 85.4 Å². The van der Waals surface area contributed by atoms with Crippen LogP contribution in [0, 0.1) is 0 Å². The molecule has 3 rings (SSSR count). The Morgan fingerprint density at radius 2 is 2.19 bits per heavy atom. The van der Waals surface area contributed by atoms with Gasteiger partial charge < -0.3 is 15.4 Å². The molecule has 110 valence electrons. The van der Waals surface area contributed by atoms with Crippen LogP contribution in [0.3, 0.4) is 0 Å². The lowest BCUT2D eigenvalue weighted by atomic mass is 10.0. The maximum atomic E-state index is 11.7. The monoisotopic (exact) mass is 287 g/mol. The molecule has 1 aromatic carbocycles. The first-order valence-electron chi connectivity index (χ1n) is 6.90. The van der Waals surface area contributed by atoms with Gasteiger partial charge in [0.1, 0.15) is 0 Å². The normalized spacial score (nSPS) is 19.6. The van der Waals surface area contributed by atoms with E-state index in [2.05, 4.69) is 10.3 Å². The van der Waals surface area contributed by atoms with Gasteiger partial charge in [-0.05, 0) is 18.1 Å². The highest BCUT2D eigenvalue weighted by atomic mass is 16.4. The van der Waals surface area contributed by atoms with Crippen molar-refractivity contribution in [2.45, 2.75) is 12.5 Å². The van der Waals surface area contributed by atoms with Gasteiger partial charge in [-0.2, -0.15) is 0 Å². The molecule has 0 saturated carbocycles. The molecule has 2 heterocycles. The van der Waals surface area contributed by atoms with Crippen molar-refractivity contribution >= 4 is 22.8 Å². The minimum absolute atomic E-state index is 0.0650. The predicted molar refractivity (Wildman–Crippen MR) is 78.0 cm³/mol. The van der Waals surface area contributed by atoms with Gasteiger partial charge in [0.2, 0.25) is 5.91 Å². The standard InChI is InChI=1S/C15H17N3O3/c19-14-8-18(9-15(20)21)7-11(17-14)5-10-6-16-13-4-2-1-3-12(10)13/h1-4,6,11,16H,5,7-9H2,(H,17,19)(H,20,21)/t11-/m1/s1. The number of fused-ring (bicyclic) bond motifs is 1. The summed E-state index contributed by atoms with van der Waals surface area (Å²) in [5.74, 6) is -1.03. The molecule has 3 N–H and O–H groups in total. The van der Waals surface area contributed by atoms with Crippen molar-refractivity contribution < 1.29 is 14.7 Å². The summed E-state index contributed by atoms with van der Waals surface area (Å²) in [6.45, 7) is 0.603. The SMILES string of the molecule is O=C(O)CN1CC(=O)N[C@H](Cc2c[nH]c3ccccc23)C1. The molecular formula is C15H17N3O3. The number of benzene rings is 1. The first-order valence-corrected chi connectivity index (χ1v) is 6.90. The molecule has 6 heteroatoms. The number of para-hydroxylation sites is 1. The van der Waals surface area contributed by atoms with Crippen molar-refractivity contribution in [3.05, 3.63) is 36.0 Å². The van der Waals surface area contributed by atoms with Gasteiger partial charge in [0.25, 0.3) is 0 Å². The average molecular weight is 287 g/mol. The Bertz CT molecular complexity index is 678. The molecule has 1 saturated heterocycles. The second-order valence-corrected chi connectivity index (χ2v) is 5.39. The van der Waals surface area contributed by atoms with Crippen LogP contribution in [0.1, 0.15) is 5.56 Å². The number of nitrogens with one attached hydrogen (secondary N) is 2. The van der Waals surface area contributed by atoms with Crippen molar-refractivity contribution in [3.8, 4) is 0 Å². The van der Waals surface area contributed by atoms with Crippen LogP contribution in [0.4, 0.5) is 0 Å². The van der Waals surface area contributed by atoms with Crippen molar-refractivity contribution in [1.29, 1.82) is 0 Å². The molecule has 1 aromatic heterocycles. The number of carbonyl (C=O) groups excluding carboxylic acids is 1. The summed E-state index contributed by atoms with van der Waals surface area (Å²) in [5, 5.41) is 12.9. The summed E-state index contributed by atoms with van der Waals surface area (Å²) in [5.41, 5.74) is 2.20. The molecule has 6 nitrogen and oxygen atoms in total. The Labute approximate surface area is 121 Å². The number of hydrogen-bond donors (Lipinski definition) is 3. The third-order valence-electron chi connectivity index (χ3n) is 3.71. The average Bonchev–Trinajstić information content (AvgIpc) is 2.81. The molecule has 1 fully saturated rings. The lowest BCUT2D eigenvalue weighted by molar-refractivity contribution is -0.139. The van der Waals surface area contributed by atoms with E-state index in [4.69, 9.17) is 5.11 Å². The largest absolute Gasteiger partial charge is 0.480 e. The van der Waals surface area contributed by atoms with Crippen molar-refractivity contribution in [3.63, 3.8) is 0 Å². The van der Waals surface area contributed by atoms with Crippen molar-refractivity contribution in [1.82, 2.24) is 15.2 Å². The van der Waals surface area contributed by atoms with E-state index in [1.165, 1.54) is 0 Å². The van der Waals surface area contributed by atoms with E-state index in [9.17, 15) is 9.59 Å². The van der Waals surface area contributed by atoms with Gasteiger partial charge in [-0.3, -0.25) is 14.5 Å². The van der Waals surface area contributed by atoms with Gasteiger partial charge in [0.15, 0.2) is 0 Å². The minimum atomic E-state index is -0.907. The molecule has 1 atom stereocenters. The number of aliphatic carboxylic acids is 1. The number of carboxylic acid groups (broad SMARTS) is 1. The maximum absolute atomic E-state index is 11.7. The maximum Gasteiger partial charge on any atom is 0.317 e. The third-order valence-corrected chi connectivity index (χ3v) is 3.71. The number of aromatic nitrogens is 1. The summed E-state index contributed by atoms with van der Waals surface area (Å²) in [7, 11) is 0. The number of H-pyrrole nitrogens is 1. The number of hydrogen-bond acceptors (Lipinski definition) is 3. The van der Waals surface area contributed by atoms with E-state index in [0.717, 1.165) is 16.5 Å². The van der Waals surface area contributed by atoms with Gasteiger partial charge in [-0.1, -0.05) is 18.2 Å². The van der Waals surface area contributed by atoms with Crippen molar-refractivity contribution in [2.24, 2.45) is 0 Å². The summed E-state index contributed by atoms with van der Waals surface area (Å²) < 4.78 is 0. The molecule has 1 aliphatic rings. The molecular weight excluding hydrogens is 270 g/mol. The summed E-state index contributed by atoms with van der Waals surface area (Å²) in [6, 6.07) is 7.94. The van der Waals surface area contributed by atoms with Crippen molar-refractivity contribution in [2.75, 3.05) is 19.6 Å². The van der Waals surface area contributed by atoms with Crippen LogP contribution in [0.2, 0.25) is 0 Å². The molecule has 0 aliphatic carbocycles. The van der Waals surface area contributed by atoms with Crippen LogP contribution in [-0.2, 0) is 16.0 Å².